The average Bonchev–Trinajstić information content (AvgIpc) is 2.28. The molecule has 5 heteroatoms. The lowest BCUT2D eigenvalue weighted by atomic mass is 10.1. The summed E-state index contributed by atoms with van der Waals surface area (Å²) in [5, 5.41) is 8.69. The summed E-state index contributed by atoms with van der Waals surface area (Å²) in [4.78, 5) is 24.2. The molecule has 0 aliphatic carbocycles. The van der Waals surface area contributed by atoms with Gasteiger partial charge in [-0.25, -0.2) is 0 Å². The molecule has 1 saturated heterocycles. The molecular weight excluding hydrogens is 222 g/mol. The summed E-state index contributed by atoms with van der Waals surface area (Å²) in [5.41, 5.74) is 0.712. The van der Waals surface area contributed by atoms with Crippen molar-refractivity contribution in [1.82, 2.24) is 4.90 Å². The molecule has 1 rings (SSSR count). The molecular formula is C12H19NO4. The number of nitrogens with zero attached hydrogens (tertiary/aromatic N) is 1. The van der Waals surface area contributed by atoms with Crippen LogP contribution in [0.3, 0.4) is 0 Å². The van der Waals surface area contributed by atoms with Gasteiger partial charge in [-0.1, -0.05) is 13.0 Å². The zero-order chi connectivity index (χ0) is 12.8. The number of morpholine rings is 1. The van der Waals surface area contributed by atoms with Crippen molar-refractivity contribution in [1.29, 1.82) is 0 Å². The maximum absolute atomic E-state index is 12.0. The van der Waals surface area contributed by atoms with E-state index in [9.17, 15) is 9.59 Å². The van der Waals surface area contributed by atoms with Crippen LogP contribution < -0.4 is 0 Å². The average molecular weight is 241 g/mol. The SMILES string of the molecule is CC/C=C(/C)C(=O)N1CCOC(CC(=O)O)C1. The minimum atomic E-state index is -0.898. The van der Waals surface area contributed by atoms with E-state index in [-0.39, 0.29) is 18.4 Å². The molecule has 0 aromatic rings. The minimum Gasteiger partial charge on any atom is -0.481 e. The predicted molar refractivity (Wildman–Crippen MR) is 62.6 cm³/mol. The summed E-state index contributed by atoms with van der Waals surface area (Å²) in [7, 11) is 0. The van der Waals surface area contributed by atoms with E-state index in [0.29, 0.717) is 25.3 Å². The number of carbonyl (C=O) groups excluding carboxylic acids is 1. The number of aliphatic carboxylic acids is 1. The number of ether oxygens (including phenoxy) is 1. The molecule has 0 aromatic carbocycles. The molecule has 0 spiro atoms. The van der Waals surface area contributed by atoms with Crippen molar-refractivity contribution in [3.8, 4) is 0 Å². The highest BCUT2D eigenvalue weighted by molar-refractivity contribution is 5.92. The third-order valence-corrected chi connectivity index (χ3v) is 2.68. The molecule has 96 valence electrons. The van der Waals surface area contributed by atoms with Gasteiger partial charge in [0.05, 0.1) is 19.1 Å². The molecule has 17 heavy (non-hydrogen) atoms. The number of allylic oxidation sites excluding steroid dienone is 1. The van der Waals surface area contributed by atoms with Gasteiger partial charge in [-0.15, -0.1) is 0 Å². The lowest BCUT2D eigenvalue weighted by Crippen LogP contribution is -2.46. The largest absolute Gasteiger partial charge is 0.481 e. The standard InChI is InChI=1S/C12H19NO4/c1-3-4-9(2)12(16)13-5-6-17-10(8-13)7-11(14)15/h4,10H,3,5-8H2,1-2H3,(H,14,15)/b9-4-. The molecule has 0 saturated carbocycles. The number of amides is 1. The fourth-order valence-electron chi connectivity index (χ4n) is 1.86. The van der Waals surface area contributed by atoms with Gasteiger partial charge in [0.25, 0.3) is 0 Å². The number of hydrogen-bond acceptors (Lipinski definition) is 3. The highest BCUT2D eigenvalue weighted by Crippen LogP contribution is 2.12. The van der Waals surface area contributed by atoms with Crippen molar-refractivity contribution >= 4 is 11.9 Å². The van der Waals surface area contributed by atoms with Crippen molar-refractivity contribution in [3.63, 3.8) is 0 Å². The molecule has 0 aromatic heterocycles. The zero-order valence-electron chi connectivity index (χ0n) is 10.3. The Morgan fingerprint density at radius 3 is 2.82 bits per heavy atom. The summed E-state index contributed by atoms with van der Waals surface area (Å²) in [6.45, 7) is 5.06. The van der Waals surface area contributed by atoms with Gasteiger partial charge in [0.15, 0.2) is 0 Å². The van der Waals surface area contributed by atoms with E-state index >= 15 is 0 Å². The second-order valence-corrected chi connectivity index (χ2v) is 4.14. The monoisotopic (exact) mass is 241 g/mol. The Balaban J connectivity index is 2.57. The lowest BCUT2D eigenvalue weighted by Gasteiger charge is -2.32. The molecule has 1 amide bonds. The summed E-state index contributed by atoms with van der Waals surface area (Å²) >= 11 is 0. The second kappa shape index (κ2) is 6.39. The van der Waals surface area contributed by atoms with Crippen LogP contribution in [-0.4, -0.2) is 47.7 Å². The maximum Gasteiger partial charge on any atom is 0.306 e. The Morgan fingerprint density at radius 2 is 2.24 bits per heavy atom. The molecule has 1 N–H and O–H groups in total. The number of hydrogen-bond donors (Lipinski definition) is 1. The third-order valence-electron chi connectivity index (χ3n) is 2.68. The predicted octanol–water partition coefficient (Wildman–Crippen LogP) is 1.04. The minimum absolute atomic E-state index is 0.0226. The van der Waals surface area contributed by atoms with Gasteiger partial charge < -0.3 is 14.7 Å². The first kappa shape index (κ1) is 13.7. The zero-order valence-corrected chi connectivity index (χ0v) is 10.3. The fraction of sp³-hybridized carbons (Fsp3) is 0.667. The Morgan fingerprint density at radius 1 is 1.53 bits per heavy atom. The number of carbonyl (C=O) groups is 2. The summed E-state index contributed by atoms with van der Waals surface area (Å²) < 4.78 is 5.31. The Kier molecular flexibility index (Phi) is 5.15. The molecule has 1 atom stereocenters. The molecule has 1 aliphatic heterocycles. The molecule has 1 heterocycles. The molecule has 5 nitrogen and oxygen atoms in total. The Bertz CT molecular complexity index is 324. The number of carboxylic acids is 1. The lowest BCUT2D eigenvalue weighted by molar-refractivity contribution is -0.146. The second-order valence-electron chi connectivity index (χ2n) is 4.14. The van der Waals surface area contributed by atoms with Gasteiger partial charge in [-0.2, -0.15) is 0 Å². The first-order chi connectivity index (χ1) is 8.04. The van der Waals surface area contributed by atoms with Crippen LogP contribution in [0.2, 0.25) is 0 Å². The van der Waals surface area contributed by atoms with Gasteiger partial charge in [0.2, 0.25) is 5.91 Å². The van der Waals surface area contributed by atoms with Gasteiger partial charge in [-0.05, 0) is 13.3 Å². The van der Waals surface area contributed by atoms with E-state index in [1.165, 1.54) is 0 Å². The van der Waals surface area contributed by atoms with Crippen LogP contribution in [-0.2, 0) is 14.3 Å². The van der Waals surface area contributed by atoms with Crippen LogP contribution in [0.5, 0.6) is 0 Å². The van der Waals surface area contributed by atoms with Crippen molar-refractivity contribution in [3.05, 3.63) is 11.6 Å². The Labute approximate surface area is 101 Å². The summed E-state index contributed by atoms with van der Waals surface area (Å²) in [6, 6.07) is 0. The summed E-state index contributed by atoms with van der Waals surface area (Å²) in [6.07, 6.45) is 2.25. The first-order valence-electron chi connectivity index (χ1n) is 5.84. The maximum atomic E-state index is 12.0. The van der Waals surface area contributed by atoms with E-state index in [1.54, 1.807) is 11.8 Å². The van der Waals surface area contributed by atoms with Crippen LogP contribution >= 0.6 is 0 Å². The smallest absolute Gasteiger partial charge is 0.306 e. The van der Waals surface area contributed by atoms with Gasteiger partial charge >= 0.3 is 5.97 Å². The van der Waals surface area contributed by atoms with Crippen molar-refractivity contribution in [2.24, 2.45) is 0 Å². The third kappa shape index (κ3) is 4.19. The van der Waals surface area contributed by atoms with Crippen LogP contribution in [0.4, 0.5) is 0 Å². The van der Waals surface area contributed by atoms with Gasteiger partial charge in [0.1, 0.15) is 0 Å². The van der Waals surface area contributed by atoms with Crippen LogP contribution in [0.15, 0.2) is 11.6 Å². The van der Waals surface area contributed by atoms with Crippen molar-refractivity contribution < 1.29 is 19.4 Å². The van der Waals surface area contributed by atoms with E-state index in [4.69, 9.17) is 9.84 Å². The molecule has 0 bridgehead atoms. The van der Waals surface area contributed by atoms with Crippen LogP contribution in [0.25, 0.3) is 0 Å². The van der Waals surface area contributed by atoms with E-state index in [2.05, 4.69) is 0 Å². The van der Waals surface area contributed by atoms with Gasteiger partial charge in [0, 0.05) is 18.7 Å². The van der Waals surface area contributed by atoms with Crippen molar-refractivity contribution in [2.45, 2.75) is 32.8 Å². The molecule has 1 fully saturated rings. The quantitative estimate of drug-likeness (QED) is 0.747. The van der Waals surface area contributed by atoms with E-state index in [0.717, 1.165) is 6.42 Å². The van der Waals surface area contributed by atoms with Crippen molar-refractivity contribution in [2.75, 3.05) is 19.7 Å². The fourth-order valence-corrected chi connectivity index (χ4v) is 1.86. The molecule has 1 unspecified atom stereocenters. The molecule has 0 radical (unpaired) electrons. The topological polar surface area (TPSA) is 66.8 Å². The highest BCUT2D eigenvalue weighted by Gasteiger charge is 2.26. The molecule has 1 aliphatic rings. The van der Waals surface area contributed by atoms with E-state index < -0.39 is 5.97 Å². The van der Waals surface area contributed by atoms with Gasteiger partial charge in [-0.3, -0.25) is 9.59 Å². The van der Waals surface area contributed by atoms with Crippen LogP contribution in [0, 0.1) is 0 Å². The number of carboxylic acid groups (broad SMARTS) is 1. The Hall–Kier alpha value is -1.36. The summed E-state index contributed by atoms with van der Waals surface area (Å²) in [5.74, 6) is -0.921. The normalized spacial score (nSPS) is 21.4. The highest BCUT2D eigenvalue weighted by atomic mass is 16.5. The van der Waals surface area contributed by atoms with E-state index in [1.807, 2.05) is 13.0 Å². The number of rotatable bonds is 4. The van der Waals surface area contributed by atoms with Crippen LogP contribution in [0.1, 0.15) is 26.7 Å². The first-order valence-corrected chi connectivity index (χ1v) is 5.84.